The highest BCUT2D eigenvalue weighted by molar-refractivity contribution is 6.32. The van der Waals surface area contributed by atoms with Gasteiger partial charge in [-0.3, -0.25) is 0 Å². The molecule has 0 bridgehead atoms. The zero-order valence-corrected chi connectivity index (χ0v) is 10.6. The minimum absolute atomic E-state index is 0.173. The lowest BCUT2D eigenvalue weighted by Gasteiger charge is -2.14. The monoisotopic (exact) mass is 265 g/mol. The third-order valence-electron chi connectivity index (χ3n) is 2.52. The molecule has 0 amide bonds. The second-order valence-electron chi connectivity index (χ2n) is 4.00. The molecule has 1 atom stereocenters. The van der Waals surface area contributed by atoms with Crippen LogP contribution in [0.5, 0.6) is 11.5 Å². The first-order valence-corrected chi connectivity index (χ1v) is 5.93. The zero-order chi connectivity index (χ0) is 13.1. The maximum Gasteiger partial charge on any atom is 0.148 e. The molecule has 94 valence electrons. The summed E-state index contributed by atoms with van der Waals surface area (Å²) in [4.78, 5) is 0. The van der Waals surface area contributed by atoms with Gasteiger partial charge in [0.05, 0.1) is 5.02 Å². The van der Waals surface area contributed by atoms with Crippen molar-refractivity contribution in [1.29, 1.82) is 0 Å². The Balaban J connectivity index is 2.37. The molecule has 18 heavy (non-hydrogen) atoms. The minimum atomic E-state index is -0.396. The molecule has 0 saturated heterocycles. The van der Waals surface area contributed by atoms with Gasteiger partial charge in [0, 0.05) is 17.7 Å². The molecule has 0 aliphatic carbocycles. The average molecular weight is 266 g/mol. The standard InChI is InChI=1S/C14H13ClFNO/c1-9(17)11-4-2-3-5-13(11)18-14-8-10(16)6-7-12(14)15/h2-9H,17H2,1H3/t9-/m0/s1. The van der Waals surface area contributed by atoms with Gasteiger partial charge < -0.3 is 10.5 Å². The number of rotatable bonds is 3. The smallest absolute Gasteiger partial charge is 0.148 e. The first-order chi connectivity index (χ1) is 8.58. The highest BCUT2D eigenvalue weighted by Gasteiger charge is 2.10. The van der Waals surface area contributed by atoms with Crippen LogP contribution in [0.2, 0.25) is 5.02 Å². The van der Waals surface area contributed by atoms with E-state index in [-0.39, 0.29) is 11.8 Å². The van der Waals surface area contributed by atoms with E-state index in [1.165, 1.54) is 18.2 Å². The summed E-state index contributed by atoms with van der Waals surface area (Å²) in [5.74, 6) is 0.470. The maximum atomic E-state index is 13.1. The predicted octanol–water partition coefficient (Wildman–Crippen LogP) is 4.29. The predicted molar refractivity (Wildman–Crippen MR) is 70.5 cm³/mol. The summed E-state index contributed by atoms with van der Waals surface area (Å²) in [6, 6.07) is 11.2. The van der Waals surface area contributed by atoms with Crippen molar-refractivity contribution in [3.05, 3.63) is 58.9 Å². The Morgan fingerprint density at radius 1 is 1.17 bits per heavy atom. The summed E-state index contributed by atoms with van der Waals surface area (Å²) in [6.07, 6.45) is 0. The van der Waals surface area contributed by atoms with Crippen LogP contribution in [0.15, 0.2) is 42.5 Å². The lowest BCUT2D eigenvalue weighted by atomic mass is 10.1. The number of para-hydroxylation sites is 1. The highest BCUT2D eigenvalue weighted by Crippen LogP contribution is 2.33. The van der Waals surface area contributed by atoms with Crippen LogP contribution in [0, 0.1) is 5.82 Å². The fraction of sp³-hybridized carbons (Fsp3) is 0.143. The van der Waals surface area contributed by atoms with E-state index >= 15 is 0 Å². The number of nitrogens with two attached hydrogens (primary N) is 1. The SMILES string of the molecule is C[C@H](N)c1ccccc1Oc1cc(F)ccc1Cl. The summed E-state index contributed by atoms with van der Waals surface area (Å²) in [5.41, 5.74) is 6.69. The Morgan fingerprint density at radius 3 is 2.61 bits per heavy atom. The minimum Gasteiger partial charge on any atom is -0.455 e. The molecule has 2 aromatic rings. The molecule has 2 aromatic carbocycles. The van der Waals surface area contributed by atoms with Crippen LogP contribution in [0.1, 0.15) is 18.5 Å². The zero-order valence-electron chi connectivity index (χ0n) is 9.86. The molecule has 0 aliphatic rings. The summed E-state index contributed by atoms with van der Waals surface area (Å²) < 4.78 is 18.8. The van der Waals surface area contributed by atoms with Gasteiger partial charge in [-0.2, -0.15) is 0 Å². The highest BCUT2D eigenvalue weighted by atomic mass is 35.5. The number of benzene rings is 2. The molecule has 0 unspecified atom stereocenters. The van der Waals surface area contributed by atoms with Crippen LogP contribution in [0.3, 0.4) is 0 Å². The van der Waals surface area contributed by atoms with Crippen LogP contribution in [-0.2, 0) is 0 Å². The fourth-order valence-corrected chi connectivity index (χ4v) is 1.78. The van der Waals surface area contributed by atoms with Crippen molar-refractivity contribution in [2.24, 2.45) is 5.73 Å². The van der Waals surface area contributed by atoms with Crippen LogP contribution in [0.25, 0.3) is 0 Å². The van der Waals surface area contributed by atoms with Crippen LogP contribution in [-0.4, -0.2) is 0 Å². The summed E-state index contributed by atoms with van der Waals surface area (Å²) >= 11 is 5.96. The molecular weight excluding hydrogens is 253 g/mol. The van der Waals surface area contributed by atoms with E-state index in [0.29, 0.717) is 10.8 Å². The van der Waals surface area contributed by atoms with E-state index in [0.717, 1.165) is 5.56 Å². The van der Waals surface area contributed by atoms with E-state index in [9.17, 15) is 4.39 Å². The number of hydrogen-bond donors (Lipinski definition) is 1. The topological polar surface area (TPSA) is 35.2 Å². The van der Waals surface area contributed by atoms with Gasteiger partial charge in [0.15, 0.2) is 0 Å². The summed E-state index contributed by atoms with van der Waals surface area (Å²) in [6.45, 7) is 1.86. The number of halogens is 2. The van der Waals surface area contributed by atoms with Crippen molar-refractivity contribution in [2.45, 2.75) is 13.0 Å². The average Bonchev–Trinajstić information content (AvgIpc) is 2.34. The van der Waals surface area contributed by atoms with E-state index < -0.39 is 5.82 Å². The first kappa shape index (κ1) is 12.9. The van der Waals surface area contributed by atoms with Gasteiger partial charge in [-0.05, 0) is 25.1 Å². The summed E-state index contributed by atoms with van der Waals surface area (Å²) in [7, 11) is 0. The Kier molecular flexibility index (Phi) is 3.84. The second kappa shape index (κ2) is 5.38. The van der Waals surface area contributed by atoms with Gasteiger partial charge in [0.2, 0.25) is 0 Å². The number of hydrogen-bond acceptors (Lipinski definition) is 2. The molecular formula is C14H13ClFNO. The Morgan fingerprint density at radius 2 is 1.89 bits per heavy atom. The maximum absolute atomic E-state index is 13.1. The van der Waals surface area contributed by atoms with Crippen molar-refractivity contribution in [3.63, 3.8) is 0 Å². The van der Waals surface area contributed by atoms with E-state index in [2.05, 4.69) is 0 Å². The van der Waals surface area contributed by atoms with Gasteiger partial charge in [-0.15, -0.1) is 0 Å². The first-order valence-electron chi connectivity index (χ1n) is 5.55. The molecule has 2 nitrogen and oxygen atoms in total. The summed E-state index contributed by atoms with van der Waals surface area (Å²) in [5, 5.41) is 0.357. The Bertz CT molecular complexity index is 557. The molecule has 2 N–H and O–H groups in total. The molecule has 0 saturated carbocycles. The molecule has 2 rings (SSSR count). The molecule has 0 radical (unpaired) electrons. The lowest BCUT2D eigenvalue weighted by Crippen LogP contribution is -2.06. The Hall–Kier alpha value is -1.58. The van der Waals surface area contributed by atoms with Crippen molar-refractivity contribution >= 4 is 11.6 Å². The van der Waals surface area contributed by atoms with Gasteiger partial charge in [0.25, 0.3) is 0 Å². The Labute approximate surface area is 110 Å². The molecule has 0 fully saturated rings. The van der Waals surface area contributed by atoms with Crippen LogP contribution in [0.4, 0.5) is 4.39 Å². The van der Waals surface area contributed by atoms with Gasteiger partial charge in [-0.25, -0.2) is 4.39 Å². The van der Waals surface area contributed by atoms with E-state index in [1.807, 2.05) is 25.1 Å². The van der Waals surface area contributed by atoms with E-state index in [1.54, 1.807) is 6.07 Å². The van der Waals surface area contributed by atoms with Crippen molar-refractivity contribution in [2.75, 3.05) is 0 Å². The molecule has 0 aromatic heterocycles. The molecule has 0 spiro atoms. The van der Waals surface area contributed by atoms with Crippen molar-refractivity contribution in [1.82, 2.24) is 0 Å². The molecule has 4 heteroatoms. The van der Waals surface area contributed by atoms with E-state index in [4.69, 9.17) is 22.1 Å². The fourth-order valence-electron chi connectivity index (χ4n) is 1.62. The van der Waals surface area contributed by atoms with Gasteiger partial charge in [-0.1, -0.05) is 29.8 Å². The van der Waals surface area contributed by atoms with Crippen LogP contribution >= 0.6 is 11.6 Å². The third kappa shape index (κ3) is 2.81. The third-order valence-corrected chi connectivity index (χ3v) is 2.83. The number of ether oxygens (including phenoxy) is 1. The largest absolute Gasteiger partial charge is 0.455 e. The van der Waals surface area contributed by atoms with Crippen molar-refractivity contribution < 1.29 is 9.13 Å². The lowest BCUT2D eigenvalue weighted by molar-refractivity contribution is 0.467. The second-order valence-corrected chi connectivity index (χ2v) is 4.41. The van der Waals surface area contributed by atoms with Gasteiger partial charge >= 0.3 is 0 Å². The van der Waals surface area contributed by atoms with Crippen LogP contribution < -0.4 is 10.5 Å². The molecule has 0 aliphatic heterocycles. The normalized spacial score (nSPS) is 12.2. The van der Waals surface area contributed by atoms with Gasteiger partial charge in [0.1, 0.15) is 17.3 Å². The quantitative estimate of drug-likeness (QED) is 0.898. The molecule has 0 heterocycles. The van der Waals surface area contributed by atoms with Crippen molar-refractivity contribution in [3.8, 4) is 11.5 Å².